The number of aryl methyl sites for hydroxylation is 1. The zero-order valence-electron chi connectivity index (χ0n) is 18.7. The van der Waals surface area contributed by atoms with Gasteiger partial charge in [-0.25, -0.2) is 9.37 Å². The quantitative estimate of drug-likeness (QED) is 0.377. The van der Waals surface area contributed by atoms with Crippen molar-refractivity contribution in [3.8, 4) is 0 Å². The van der Waals surface area contributed by atoms with E-state index in [0.717, 1.165) is 0 Å². The number of rotatable bonds is 8. The van der Waals surface area contributed by atoms with Crippen molar-refractivity contribution in [1.29, 1.82) is 0 Å². The molecule has 0 bridgehead atoms. The first-order chi connectivity index (χ1) is 14.4. The Balaban J connectivity index is 2.46. The molecule has 2 aromatic rings. The molecule has 2 amide bonds. The molecule has 0 fully saturated rings. The molecule has 7 nitrogen and oxygen atoms in total. The topological polar surface area (TPSA) is 93.1 Å². The van der Waals surface area contributed by atoms with Crippen LogP contribution < -0.4 is 10.6 Å². The summed E-state index contributed by atoms with van der Waals surface area (Å²) in [7, 11) is 0. The van der Waals surface area contributed by atoms with Gasteiger partial charge in [-0.15, -0.1) is 0 Å². The molecule has 0 aliphatic carbocycles. The Morgan fingerprint density at radius 2 is 1.84 bits per heavy atom. The van der Waals surface area contributed by atoms with Gasteiger partial charge < -0.3 is 15.2 Å². The molecule has 31 heavy (non-hydrogen) atoms. The standard InChI is InChI=1S/C22H28F2N4O3/c1-7-22(5,6)27-21(31)18(29)17-13(3)16(14(4)28(17)9-8-23)20(30)26-15-10-12(2)19(24)25-11-15/h10-11H,7-9H2,1-6H3,(H,26,30)(H,27,31). The highest BCUT2D eigenvalue weighted by atomic mass is 19.1. The SMILES string of the molecule is CCC(C)(C)NC(=O)C(=O)c1c(C)c(C(=O)Nc2cnc(F)c(C)c2)c(C)n1CCF. The zero-order valence-corrected chi connectivity index (χ0v) is 18.7. The molecule has 0 radical (unpaired) electrons. The van der Waals surface area contributed by atoms with E-state index < -0.39 is 35.8 Å². The van der Waals surface area contributed by atoms with Crippen LogP contribution in [0.2, 0.25) is 0 Å². The van der Waals surface area contributed by atoms with E-state index in [0.29, 0.717) is 12.1 Å². The summed E-state index contributed by atoms with van der Waals surface area (Å²) in [6.07, 6.45) is 1.78. The van der Waals surface area contributed by atoms with Crippen molar-refractivity contribution < 1.29 is 23.2 Å². The van der Waals surface area contributed by atoms with Crippen LogP contribution in [0.25, 0.3) is 0 Å². The van der Waals surface area contributed by atoms with Gasteiger partial charge in [-0.1, -0.05) is 6.92 Å². The first kappa shape index (κ1) is 24.2. The van der Waals surface area contributed by atoms with E-state index in [-0.39, 0.29) is 34.6 Å². The summed E-state index contributed by atoms with van der Waals surface area (Å²) >= 11 is 0. The molecule has 0 saturated carbocycles. The second-order valence-corrected chi connectivity index (χ2v) is 8.08. The number of ketones is 1. The number of nitrogens with one attached hydrogen (secondary N) is 2. The summed E-state index contributed by atoms with van der Waals surface area (Å²) in [4.78, 5) is 42.0. The number of pyridine rings is 1. The fraction of sp³-hybridized carbons (Fsp3) is 0.455. The lowest BCUT2D eigenvalue weighted by Crippen LogP contribution is -2.46. The van der Waals surface area contributed by atoms with Crippen molar-refractivity contribution in [2.45, 2.75) is 60.0 Å². The third kappa shape index (κ3) is 5.15. The number of aromatic nitrogens is 2. The maximum absolute atomic E-state index is 13.4. The molecule has 0 aromatic carbocycles. The minimum absolute atomic E-state index is 0.0295. The minimum atomic E-state index is -0.839. The van der Waals surface area contributed by atoms with Crippen LogP contribution in [0.1, 0.15) is 64.9 Å². The molecule has 0 unspecified atom stereocenters. The molecule has 0 aliphatic heterocycles. The molecule has 0 atom stereocenters. The van der Waals surface area contributed by atoms with E-state index >= 15 is 0 Å². The number of nitrogens with zero attached hydrogens (tertiary/aromatic N) is 2. The highest BCUT2D eigenvalue weighted by Gasteiger charge is 2.31. The van der Waals surface area contributed by atoms with Gasteiger partial charge in [0.15, 0.2) is 0 Å². The molecular weight excluding hydrogens is 406 g/mol. The average Bonchev–Trinajstić information content (AvgIpc) is 2.94. The van der Waals surface area contributed by atoms with E-state index in [1.807, 2.05) is 6.92 Å². The van der Waals surface area contributed by atoms with Crippen LogP contribution in [0.15, 0.2) is 12.3 Å². The van der Waals surface area contributed by atoms with Crippen LogP contribution in [-0.2, 0) is 11.3 Å². The van der Waals surface area contributed by atoms with Crippen LogP contribution >= 0.6 is 0 Å². The molecule has 2 heterocycles. The highest BCUT2D eigenvalue weighted by Crippen LogP contribution is 2.25. The Morgan fingerprint density at radius 1 is 1.19 bits per heavy atom. The van der Waals surface area contributed by atoms with E-state index in [9.17, 15) is 23.2 Å². The van der Waals surface area contributed by atoms with Gasteiger partial charge in [0.05, 0.1) is 29.7 Å². The van der Waals surface area contributed by atoms with Crippen LogP contribution in [0, 0.1) is 26.7 Å². The van der Waals surface area contributed by atoms with Gasteiger partial charge >= 0.3 is 0 Å². The number of Topliss-reactive ketones (excluding diaryl/α,β-unsaturated/α-hetero) is 1. The van der Waals surface area contributed by atoms with Crippen molar-refractivity contribution in [2.24, 2.45) is 0 Å². The minimum Gasteiger partial charge on any atom is -0.344 e. The third-order valence-corrected chi connectivity index (χ3v) is 5.33. The summed E-state index contributed by atoms with van der Waals surface area (Å²) in [6.45, 7) is 9.12. The summed E-state index contributed by atoms with van der Waals surface area (Å²) < 4.78 is 28.0. The second-order valence-electron chi connectivity index (χ2n) is 8.08. The maximum Gasteiger partial charge on any atom is 0.294 e. The number of amides is 2. The smallest absolute Gasteiger partial charge is 0.294 e. The summed E-state index contributed by atoms with van der Waals surface area (Å²) in [5.41, 5.74) is 0.680. The number of carbonyl (C=O) groups is 3. The van der Waals surface area contributed by atoms with Gasteiger partial charge in [-0.2, -0.15) is 4.39 Å². The van der Waals surface area contributed by atoms with Crippen molar-refractivity contribution in [1.82, 2.24) is 14.9 Å². The molecule has 2 N–H and O–H groups in total. The predicted molar refractivity (Wildman–Crippen MR) is 114 cm³/mol. The Bertz CT molecular complexity index is 1030. The van der Waals surface area contributed by atoms with E-state index in [4.69, 9.17) is 0 Å². The number of alkyl halides is 1. The Kier molecular flexibility index (Phi) is 7.30. The fourth-order valence-corrected chi connectivity index (χ4v) is 3.27. The zero-order chi connectivity index (χ0) is 23.5. The Hall–Kier alpha value is -3.10. The van der Waals surface area contributed by atoms with Crippen molar-refractivity contribution in [3.05, 3.63) is 46.3 Å². The lowest BCUT2D eigenvalue weighted by atomic mass is 10.0. The lowest BCUT2D eigenvalue weighted by molar-refractivity contribution is -0.118. The van der Waals surface area contributed by atoms with Gasteiger partial charge in [-0.05, 0) is 52.7 Å². The Labute approximate surface area is 180 Å². The van der Waals surface area contributed by atoms with Gasteiger partial charge in [0.25, 0.3) is 17.6 Å². The molecule has 9 heteroatoms. The van der Waals surface area contributed by atoms with E-state index in [1.165, 1.54) is 30.7 Å². The lowest BCUT2D eigenvalue weighted by Gasteiger charge is -2.24. The third-order valence-electron chi connectivity index (χ3n) is 5.33. The maximum atomic E-state index is 13.4. The number of hydrogen-bond acceptors (Lipinski definition) is 4. The Morgan fingerprint density at radius 3 is 2.39 bits per heavy atom. The first-order valence-corrected chi connectivity index (χ1v) is 9.99. The van der Waals surface area contributed by atoms with Crippen molar-refractivity contribution >= 4 is 23.3 Å². The largest absolute Gasteiger partial charge is 0.344 e. The van der Waals surface area contributed by atoms with Gasteiger partial charge in [0, 0.05) is 16.8 Å². The molecule has 2 aromatic heterocycles. The highest BCUT2D eigenvalue weighted by molar-refractivity contribution is 6.43. The van der Waals surface area contributed by atoms with E-state index in [2.05, 4.69) is 15.6 Å². The summed E-state index contributed by atoms with van der Waals surface area (Å²) in [5.74, 6) is -2.87. The van der Waals surface area contributed by atoms with Gasteiger partial charge in [0.1, 0.15) is 6.67 Å². The normalized spacial score (nSPS) is 11.4. The molecule has 168 valence electrons. The molecule has 0 aliphatic rings. The number of anilines is 1. The van der Waals surface area contributed by atoms with Crippen LogP contribution in [0.5, 0.6) is 0 Å². The summed E-state index contributed by atoms with van der Waals surface area (Å²) in [5, 5.41) is 5.29. The fourth-order valence-electron chi connectivity index (χ4n) is 3.27. The first-order valence-electron chi connectivity index (χ1n) is 9.99. The van der Waals surface area contributed by atoms with Crippen LogP contribution in [0.3, 0.4) is 0 Å². The summed E-state index contributed by atoms with van der Waals surface area (Å²) in [6, 6.07) is 1.43. The van der Waals surface area contributed by atoms with Crippen molar-refractivity contribution in [3.63, 3.8) is 0 Å². The number of carbonyl (C=O) groups excluding carboxylic acids is 3. The number of halogens is 2. The van der Waals surface area contributed by atoms with Crippen LogP contribution in [-0.4, -0.2) is 39.4 Å². The van der Waals surface area contributed by atoms with Crippen LogP contribution in [0.4, 0.5) is 14.5 Å². The molecule has 0 saturated heterocycles. The van der Waals surface area contributed by atoms with Gasteiger partial charge in [0.2, 0.25) is 5.95 Å². The molecular formula is C22H28F2N4O3. The predicted octanol–water partition coefficient (Wildman–Crippen LogP) is 3.66. The van der Waals surface area contributed by atoms with E-state index in [1.54, 1.807) is 20.8 Å². The molecule has 0 spiro atoms. The average molecular weight is 434 g/mol. The van der Waals surface area contributed by atoms with Gasteiger partial charge in [-0.3, -0.25) is 14.4 Å². The van der Waals surface area contributed by atoms with Crippen molar-refractivity contribution in [2.75, 3.05) is 12.0 Å². The monoisotopic (exact) mass is 434 g/mol. The molecule has 2 rings (SSSR count). The second kappa shape index (κ2) is 9.36. The number of hydrogen-bond donors (Lipinski definition) is 2.